The van der Waals surface area contributed by atoms with Crippen LogP contribution in [0.4, 0.5) is 5.69 Å². The Kier molecular flexibility index (Phi) is 5.38. The molecule has 6 nitrogen and oxygen atoms in total. The van der Waals surface area contributed by atoms with Crippen molar-refractivity contribution in [3.05, 3.63) is 29.3 Å². The van der Waals surface area contributed by atoms with Crippen molar-refractivity contribution < 1.29 is 9.59 Å². The first kappa shape index (κ1) is 16.3. The lowest BCUT2D eigenvalue weighted by atomic mass is 9.93. The van der Waals surface area contributed by atoms with Gasteiger partial charge < -0.3 is 22.1 Å². The molecule has 6 N–H and O–H groups in total. The van der Waals surface area contributed by atoms with E-state index in [9.17, 15) is 9.59 Å². The van der Waals surface area contributed by atoms with Crippen LogP contribution in [0, 0.1) is 5.92 Å². The Labute approximate surface area is 130 Å². The Hall–Kier alpha value is -2.08. The monoisotopic (exact) mass is 304 g/mol. The molecule has 2 amide bonds. The molecule has 2 rings (SSSR count). The van der Waals surface area contributed by atoms with Gasteiger partial charge in [-0.3, -0.25) is 9.59 Å². The minimum atomic E-state index is -0.457. The van der Waals surface area contributed by atoms with Gasteiger partial charge in [0.15, 0.2) is 0 Å². The lowest BCUT2D eigenvalue weighted by molar-refractivity contribution is -0.117. The minimum absolute atomic E-state index is 0.159. The van der Waals surface area contributed by atoms with Crippen LogP contribution in [0.3, 0.4) is 0 Å². The first-order valence-electron chi connectivity index (χ1n) is 7.67. The highest BCUT2D eigenvalue weighted by Crippen LogP contribution is 2.28. The lowest BCUT2D eigenvalue weighted by Gasteiger charge is -2.35. The summed E-state index contributed by atoms with van der Waals surface area (Å²) in [6.07, 6.45) is 3.35. The van der Waals surface area contributed by atoms with E-state index in [0.717, 1.165) is 43.6 Å². The highest BCUT2D eigenvalue weighted by atomic mass is 16.1. The van der Waals surface area contributed by atoms with Crippen molar-refractivity contribution in [3.8, 4) is 0 Å². The van der Waals surface area contributed by atoms with Gasteiger partial charge in [0.25, 0.3) is 5.91 Å². The standard InChI is InChI=1S/C16H24N4O2/c17-6-5-11-2-1-7-20(10-11)14-8-12(9-15(18)21)3-4-13(14)16(19)22/h3-4,8,11H,1-2,5-7,9-10,17H2,(H2,18,21)(H2,19,22). The molecule has 1 aromatic rings. The van der Waals surface area contributed by atoms with Crippen molar-refractivity contribution >= 4 is 17.5 Å². The molecule has 6 heteroatoms. The van der Waals surface area contributed by atoms with Crippen LogP contribution in [0.15, 0.2) is 18.2 Å². The summed E-state index contributed by atoms with van der Waals surface area (Å²) in [6.45, 7) is 2.40. The molecule has 1 unspecified atom stereocenters. The van der Waals surface area contributed by atoms with Crippen molar-refractivity contribution in [2.45, 2.75) is 25.7 Å². The van der Waals surface area contributed by atoms with E-state index in [1.54, 1.807) is 12.1 Å². The van der Waals surface area contributed by atoms with Gasteiger partial charge in [0, 0.05) is 18.8 Å². The molecule has 1 saturated heterocycles. The van der Waals surface area contributed by atoms with Crippen molar-refractivity contribution in [2.75, 3.05) is 24.5 Å². The number of amides is 2. The first-order valence-corrected chi connectivity index (χ1v) is 7.67. The molecule has 0 bridgehead atoms. The van der Waals surface area contributed by atoms with E-state index >= 15 is 0 Å². The molecule has 0 radical (unpaired) electrons. The molecule has 1 heterocycles. The third-order valence-electron chi connectivity index (χ3n) is 4.14. The number of benzene rings is 1. The number of nitrogens with zero attached hydrogens (tertiary/aromatic N) is 1. The average molecular weight is 304 g/mol. The third kappa shape index (κ3) is 3.98. The summed E-state index contributed by atoms with van der Waals surface area (Å²) in [4.78, 5) is 25.0. The summed E-state index contributed by atoms with van der Waals surface area (Å²) < 4.78 is 0. The fraction of sp³-hybridized carbons (Fsp3) is 0.500. The maximum Gasteiger partial charge on any atom is 0.250 e. The zero-order chi connectivity index (χ0) is 16.1. The quantitative estimate of drug-likeness (QED) is 0.704. The Morgan fingerprint density at radius 3 is 2.68 bits per heavy atom. The number of carbonyl (C=O) groups excluding carboxylic acids is 2. The molecule has 120 valence electrons. The number of anilines is 1. The largest absolute Gasteiger partial charge is 0.371 e. The van der Waals surface area contributed by atoms with Gasteiger partial charge in [-0.05, 0) is 49.4 Å². The van der Waals surface area contributed by atoms with Gasteiger partial charge in [-0.1, -0.05) is 6.07 Å². The Bertz CT molecular complexity index is 557. The molecule has 0 spiro atoms. The number of rotatable bonds is 6. The summed E-state index contributed by atoms with van der Waals surface area (Å²) in [5, 5.41) is 0. The van der Waals surface area contributed by atoms with Crippen LogP contribution < -0.4 is 22.1 Å². The molecular formula is C16H24N4O2. The average Bonchev–Trinajstić information content (AvgIpc) is 2.47. The molecule has 1 aliphatic heterocycles. The summed E-state index contributed by atoms with van der Waals surface area (Å²) in [6, 6.07) is 5.27. The smallest absolute Gasteiger partial charge is 0.250 e. The molecule has 1 fully saturated rings. The van der Waals surface area contributed by atoms with Crippen LogP contribution in [-0.2, 0) is 11.2 Å². The van der Waals surface area contributed by atoms with Crippen LogP contribution in [0.1, 0.15) is 35.2 Å². The molecule has 1 aromatic carbocycles. The summed E-state index contributed by atoms with van der Waals surface area (Å²) in [5.41, 5.74) is 18.5. The van der Waals surface area contributed by atoms with Gasteiger partial charge in [-0.25, -0.2) is 0 Å². The molecule has 0 aromatic heterocycles. The van der Waals surface area contributed by atoms with E-state index in [0.29, 0.717) is 18.0 Å². The Balaban J connectivity index is 2.29. The van der Waals surface area contributed by atoms with E-state index in [2.05, 4.69) is 4.90 Å². The van der Waals surface area contributed by atoms with Crippen LogP contribution >= 0.6 is 0 Å². The highest BCUT2D eigenvalue weighted by Gasteiger charge is 2.23. The van der Waals surface area contributed by atoms with E-state index in [1.165, 1.54) is 0 Å². The summed E-state index contributed by atoms with van der Waals surface area (Å²) in [7, 11) is 0. The fourth-order valence-corrected chi connectivity index (χ4v) is 3.11. The second-order valence-electron chi connectivity index (χ2n) is 5.89. The second kappa shape index (κ2) is 7.26. The normalized spacial score (nSPS) is 18.2. The van der Waals surface area contributed by atoms with Gasteiger partial charge in [0.1, 0.15) is 0 Å². The van der Waals surface area contributed by atoms with Gasteiger partial charge >= 0.3 is 0 Å². The highest BCUT2D eigenvalue weighted by molar-refractivity contribution is 5.99. The molecular weight excluding hydrogens is 280 g/mol. The number of carbonyl (C=O) groups is 2. The van der Waals surface area contributed by atoms with Crippen LogP contribution in [-0.4, -0.2) is 31.4 Å². The number of primary amides is 2. The third-order valence-corrected chi connectivity index (χ3v) is 4.14. The van der Waals surface area contributed by atoms with E-state index in [4.69, 9.17) is 17.2 Å². The molecule has 22 heavy (non-hydrogen) atoms. The van der Waals surface area contributed by atoms with Crippen molar-refractivity contribution in [1.82, 2.24) is 0 Å². The number of hydrogen-bond donors (Lipinski definition) is 3. The van der Waals surface area contributed by atoms with Crippen LogP contribution in [0.25, 0.3) is 0 Å². The lowest BCUT2D eigenvalue weighted by Crippen LogP contribution is -2.37. The van der Waals surface area contributed by atoms with Crippen LogP contribution in [0.5, 0.6) is 0 Å². The molecule has 1 atom stereocenters. The predicted molar refractivity (Wildman–Crippen MR) is 86.5 cm³/mol. The Morgan fingerprint density at radius 2 is 2.05 bits per heavy atom. The zero-order valence-electron chi connectivity index (χ0n) is 12.8. The van der Waals surface area contributed by atoms with Crippen LogP contribution in [0.2, 0.25) is 0 Å². The molecule has 0 saturated carbocycles. The van der Waals surface area contributed by atoms with Gasteiger partial charge in [0.05, 0.1) is 12.0 Å². The first-order chi connectivity index (χ1) is 10.5. The van der Waals surface area contributed by atoms with E-state index in [1.807, 2.05) is 6.07 Å². The van der Waals surface area contributed by atoms with Crippen molar-refractivity contribution in [1.29, 1.82) is 0 Å². The molecule has 1 aliphatic rings. The number of piperidine rings is 1. The van der Waals surface area contributed by atoms with E-state index in [-0.39, 0.29) is 6.42 Å². The fourth-order valence-electron chi connectivity index (χ4n) is 3.11. The second-order valence-corrected chi connectivity index (χ2v) is 5.89. The zero-order valence-corrected chi connectivity index (χ0v) is 12.8. The topological polar surface area (TPSA) is 115 Å². The SMILES string of the molecule is NCCC1CCCN(c2cc(CC(N)=O)ccc2C(N)=O)C1. The minimum Gasteiger partial charge on any atom is -0.371 e. The summed E-state index contributed by atoms with van der Waals surface area (Å²) >= 11 is 0. The van der Waals surface area contributed by atoms with Gasteiger partial charge in [0.2, 0.25) is 5.91 Å². The van der Waals surface area contributed by atoms with Gasteiger partial charge in [-0.15, -0.1) is 0 Å². The summed E-state index contributed by atoms with van der Waals surface area (Å²) in [5.74, 6) is -0.321. The number of hydrogen-bond acceptors (Lipinski definition) is 4. The Morgan fingerprint density at radius 1 is 1.27 bits per heavy atom. The van der Waals surface area contributed by atoms with Gasteiger partial charge in [-0.2, -0.15) is 0 Å². The van der Waals surface area contributed by atoms with E-state index < -0.39 is 11.8 Å². The number of nitrogens with two attached hydrogens (primary N) is 3. The maximum absolute atomic E-state index is 11.7. The van der Waals surface area contributed by atoms with Crippen molar-refractivity contribution in [3.63, 3.8) is 0 Å². The van der Waals surface area contributed by atoms with Crippen molar-refractivity contribution in [2.24, 2.45) is 23.1 Å². The molecule has 0 aliphatic carbocycles. The predicted octanol–water partition coefficient (Wildman–Crippen LogP) is 0.379. The maximum atomic E-state index is 11.7.